The van der Waals surface area contributed by atoms with Crippen LogP contribution in [0.25, 0.3) is 0 Å². The number of benzene rings is 1. The topological polar surface area (TPSA) is 50.4 Å². The first-order valence-corrected chi connectivity index (χ1v) is 6.68. The molecule has 0 saturated heterocycles. The first-order chi connectivity index (χ1) is 9.81. The zero-order valence-corrected chi connectivity index (χ0v) is 12.6. The number of hydrogen-bond donors (Lipinski definition) is 2. The summed E-state index contributed by atoms with van der Waals surface area (Å²) in [6.07, 6.45) is 5.01. The highest BCUT2D eigenvalue weighted by atomic mass is 19.1. The Hall–Kier alpha value is -2.06. The molecule has 1 rings (SSSR count). The van der Waals surface area contributed by atoms with Crippen LogP contribution in [0, 0.1) is 18.2 Å². The maximum Gasteiger partial charge on any atom is 0.258 e. The lowest BCUT2D eigenvalue weighted by atomic mass is 10.1. The molecule has 0 atom stereocenters. The van der Waals surface area contributed by atoms with Gasteiger partial charge < -0.3 is 15.4 Å². The molecule has 1 aromatic rings. The Kier molecular flexibility index (Phi) is 6.19. The third kappa shape index (κ3) is 6.77. The van der Waals surface area contributed by atoms with Crippen molar-refractivity contribution in [3.63, 3.8) is 0 Å². The standard InChI is InChI=1S/C16H21FN2O2/c1-5-8-18-15(20)11-21-14-7-6-12(9-13(14)17)10-19-16(2,3)4/h1,6-7,9,19H,8,10-11H2,2-4H3,(H,18,20). The van der Waals surface area contributed by atoms with Crippen molar-refractivity contribution >= 4 is 5.91 Å². The average Bonchev–Trinajstić information content (AvgIpc) is 2.41. The van der Waals surface area contributed by atoms with E-state index < -0.39 is 5.82 Å². The molecular formula is C16H21FN2O2. The van der Waals surface area contributed by atoms with Gasteiger partial charge in [0, 0.05) is 12.1 Å². The lowest BCUT2D eigenvalue weighted by Gasteiger charge is -2.20. The van der Waals surface area contributed by atoms with Gasteiger partial charge in [-0.05, 0) is 38.5 Å². The van der Waals surface area contributed by atoms with Crippen LogP contribution >= 0.6 is 0 Å². The van der Waals surface area contributed by atoms with Gasteiger partial charge in [-0.25, -0.2) is 4.39 Å². The van der Waals surface area contributed by atoms with Gasteiger partial charge in [-0.15, -0.1) is 6.42 Å². The summed E-state index contributed by atoms with van der Waals surface area (Å²) in [5.74, 6) is 1.44. The maximum atomic E-state index is 13.9. The lowest BCUT2D eigenvalue weighted by Crippen LogP contribution is -2.35. The first-order valence-electron chi connectivity index (χ1n) is 6.68. The summed E-state index contributed by atoms with van der Waals surface area (Å²) in [6.45, 7) is 6.53. The van der Waals surface area contributed by atoms with Crippen molar-refractivity contribution in [2.24, 2.45) is 0 Å². The van der Waals surface area contributed by atoms with E-state index in [1.165, 1.54) is 12.1 Å². The summed E-state index contributed by atoms with van der Waals surface area (Å²) in [5, 5.41) is 5.71. The van der Waals surface area contributed by atoms with E-state index in [2.05, 4.69) is 16.6 Å². The molecular weight excluding hydrogens is 271 g/mol. The summed E-state index contributed by atoms with van der Waals surface area (Å²) in [5.41, 5.74) is 0.771. The molecule has 0 heterocycles. The highest BCUT2D eigenvalue weighted by Crippen LogP contribution is 2.18. The predicted octanol–water partition coefficient (Wildman–Crippen LogP) is 1.84. The third-order valence-electron chi connectivity index (χ3n) is 2.57. The summed E-state index contributed by atoms with van der Waals surface area (Å²) in [7, 11) is 0. The number of halogens is 1. The molecule has 0 fully saturated rings. The number of rotatable bonds is 6. The molecule has 114 valence electrons. The smallest absolute Gasteiger partial charge is 0.258 e. The van der Waals surface area contributed by atoms with Crippen LogP contribution in [0.5, 0.6) is 5.75 Å². The summed E-state index contributed by atoms with van der Waals surface area (Å²) >= 11 is 0. The van der Waals surface area contributed by atoms with Gasteiger partial charge in [0.15, 0.2) is 18.2 Å². The van der Waals surface area contributed by atoms with Gasteiger partial charge in [-0.1, -0.05) is 12.0 Å². The predicted molar refractivity (Wildman–Crippen MR) is 80.3 cm³/mol. The Morgan fingerprint density at radius 2 is 2.14 bits per heavy atom. The number of nitrogens with one attached hydrogen (secondary N) is 2. The average molecular weight is 292 g/mol. The molecule has 0 radical (unpaired) electrons. The van der Waals surface area contributed by atoms with Crippen molar-refractivity contribution in [2.45, 2.75) is 32.9 Å². The fraction of sp³-hybridized carbons (Fsp3) is 0.438. The number of hydrogen-bond acceptors (Lipinski definition) is 3. The molecule has 21 heavy (non-hydrogen) atoms. The fourth-order valence-corrected chi connectivity index (χ4v) is 1.48. The molecule has 0 unspecified atom stereocenters. The minimum atomic E-state index is -0.493. The molecule has 0 aliphatic heterocycles. The van der Waals surface area contributed by atoms with Gasteiger partial charge in [0.25, 0.3) is 5.91 Å². The largest absolute Gasteiger partial charge is 0.481 e. The van der Waals surface area contributed by atoms with E-state index >= 15 is 0 Å². The van der Waals surface area contributed by atoms with Gasteiger partial charge >= 0.3 is 0 Å². The number of ether oxygens (including phenoxy) is 1. The van der Waals surface area contributed by atoms with E-state index in [0.29, 0.717) is 6.54 Å². The zero-order valence-electron chi connectivity index (χ0n) is 12.6. The molecule has 0 bridgehead atoms. The van der Waals surface area contributed by atoms with Crippen LogP contribution in [-0.2, 0) is 11.3 Å². The van der Waals surface area contributed by atoms with Gasteiger partial charge in [0.2, 0.25) is 0 Å². The van der Waals surface area contributed by atoms with Crippen molar-refractivity contribution in [2.75, 3.05) is 13.2 Å². The Balaban J connectivity index is 2.54. The number of carbonyl (C=O) groups excluding carboxylic acids is 1. The van der Waals surface area contributed by atoms with E-state index in [1.807, 2.05) is 20.8 Å². The maximum absolute atomic E-state index is 13.9. The van der Waals surface area contributed by atoms with Gasteiger partial charge in [0.05, 0.1) is 6.54 Å². The van der Waals surface area contributed by atoms with E-state index in [0.717, 1.165) is 5.56 Å². The van der Waals surface area contributed by atoms with Gasteiger partial charge in [0.1, 0.15) is 0 Å². The molecule has 0 aliphatic rings. The summed E-state index contributed by atoms with van der Waals surface area (Å²) < 4.78 is 19.0. The van der Waals surface area contributed by atoms with Crippen molar-refractivity contribution in [1.29, 1.82) is 0 Å². The quantitative estimate of drug-likeness (QED) is 0.787. The summed E-state index contributed by atoms with van der Waals surface area (Å²) in [6, 6.07) is 4.67. The Labute approximate surface area is 125 Å². The van der Waals surface area contributed by atoms with Crippen LogP contribution < -0.4 is 15.4 Å². The molecule has 1 aromatic carbocycles. The summed E-state index contributed by atoms with van der Waals surface area (Å²) in [4.78, 5) is 11.3. The molecule has 2 N–H and O–H groups in total. The second-order valence-electron chi connectivity index (χ2n) is 5.64. The highest BCUT2D eigenvalue weighted by Gasteiger charge is 2.11. The third-order valence-corrected chi connectivity index (χ3v) is 2.57. The SMILES string of the molecule is C#CCNC(=O)COc1ccc(CNC(C)(C)C)cc1F. The molecule has 4 nitrogen and oxygen atoms in total. The number of carbonyl (C=O) groups is 1. The minimum Gasteiger partial charge on any atom is -0.481 e. The van der Waals surface area contributed by atoms with Gasteiger partial charge in [-0.3, -0.25) is 4.79 Å². The lowest BCUT2D eigenvalue weighted by molar-refractivity contribution is -0.122. The van der Waals surface area contributed by atoms with E-state index in [9.17, 15) is 9.18 Å². The first kappa shape index (κ1) is 17.0. The number of terminal acetylenes is 1. The molecule has 1 amide bonds. The van der Waals surface area contributed by atoms with Crippen molar-refractivity contribution in [1.82, 2.24) is 10.6 Å². The van der Waals surface area contributed by atoms with E-state index in [1.54, 1.807) is 6.07 Å². The van der Waals surface area contributed by atoms with E-state index in [-0.39, 0.29) is 30.3 Å². The number of amides is 1. The molecule has 0 aromatic heterocycles. The second-order valence-corrected chi connectivity index (χ2v) is 5.64. The van der Waals surface area contributed by atoms with Crippen LogP contribution in [-0.4, -0.2) is 24.6 Å². The van der Waals surface area contributed by atoms with E-state index in [4.69, 9.17) is 11.2 Å². The zero-order chi connectivity index (χ0) is 15.9. The fourth-order valence-electron chi connectivity index (χ4n) is 1.48. The van der Waals surface area contributed by atoms with Gasteiger partial charge in [-0.2, -0.15) is 0 Å². The molecule has 0 spiro atoms. The molecule has 0 saturated carbocycles. The van der Waals surface area contributed by atoms with Crippen LogP contribution in [0.15, 0.2) is 18.2 Å². The Morgan fingerprint density at radius 1 is 1.43 bits per heavy atom. The van der Waals surface area contributed by atoms with Crippen molar-refractivity contribution in [3.05, 3.63) is 29.6 Å². The van der Waals surface area contributed by atoms with Crippen molar-refractivity contribution < 1.29 is 13.9 Å². The van der Waals surface area contributed by atoms with Crippen LogP contribution in [0.1, 0.15) is 26.3 Å². The molecule has 0 aliphatic carbocycles. The van der Waals surface area contributed by atoms with Crippen LogP contribution in [0.3, 0.4) is 0 Å². The monoisotopic (exact) mass is 292 g/mol. The second kappa shape index (κ2) is 7.65. The highest BCUT2D eigenvalue weighted by molar-refractivity contribution is 5.77. The Bertz CT molecular complexity index is 530. The Morgan fingerprint density at radius 3 is 2.71 bits per heavy atom. The van der Waals surface area contributed by atoms with Crippen LogP contribution in [0.4, 0.5) is 4.39 Å². The minimum absolute atomic E-state index is 0.0409. The molecule has 5 heteroatoms. The normalized spacial score (nSPS) is 10.8. The van der Waals surface area contributed by atoms with Crippen molar-refractivity contribution in [3.8, 4) is 18.1 Å². The van der Waals surface area contributed by atoms with Crippen LogP contribution in [0.2, 0.25) is 0 Å².